The normalized spacial score (nSPS) is 21.7. The SMILES string of the molecule is CC(C)(C)OC(=O)NC(Cc1ccc(OCc2ccccc2)cc1)C(=O)N1C(C#N)CC2CC21. The number of carbonyl (C=O) groups excluding carboxylic acids is 2. The molecule has 2 fully saturated rings. The molecule has 1 N–H and O–H groups in total. The second kappa shape index (κ2) is 9.76. The van der Waals surface area contributed by atoms with Crippen LogP contribution in [-0.2, 0) is 22.6 Å². The van der Waals surface area contributed by atoms with Crippen LogP contribution in [0.25, 0.3) is 0 Å². The van der Waals surface area contributed by atoms with E-state index >= 15 is 0 Å². The highest BCUT2D eigenvalue weighted by Gasteiger charge is 2.55. The Morgan fingerprint density at radius 3 is 2.44 bits per heavy atom. The number of nitrogens with one attached hydrogen (secondary N) is 1. The minimum atomic E-state index is -0.818. The van der Waals surface area contributed by atoms with Gasteiger partial charge in [-0.3, -0.25) is 4.79 Å². The number of benzene rings is 2. The first kappa shape index (κ1) is 23.6. The topological polar surface area (TPSA) is 91.7 Å². The van der Waals surface area contributed by atoms with Crippen LogP contribution in [0.1, 0.15) is 44.7 Å². The highest BCUT2D eigenvalue weighted by atomic mass is 16.6. The maximum Gasteiger partial charge on any atom is 0.408 e. The highest BCUT2D eigenvalue weighted by Crippen LogP contribution is 2.47. The molecule has 2 aliphatic rings. The fraction of sp³-hybridized carbons (Fsp3) is 0.444. The lowest BCUT2D eigenvalue weighted by atomic mass is 10.0. The number of amides is 2. The van der Waals surface area contributed by atoms with E-state index in [9.17, 15) is 14.9 Å². The third-order valence-electron chi connectivity index (χ3n) is 6.11. The van der Waals surface area contributed by atoms with Gasteiger partial charge in [-0.2, -0.15) is 5.26 Å². The summed E-state index contributed by atoms with van der Waals surface area (Å²) in [5, 5.41) is 12.3. The lowest BCUT2D eigenvalue weighted by Crippen LogP contribution is -2.52. The first-order chi connectivity index (χ1) is 16.2. The van der Waals surface area contributed by atoms with E-state index in [1.807, 2.05) is 54.6 Å². The van der Waals surface area contributed by atoms with Crippen LogP contribution in [0.15, 0.2) is 54.6 Å². The summed E-state index contributed by atoms with van der Waals surface area (Å²) in [6, 6.07) is 18.5. The predicted molar refractivity (Wildman–Crippen MR) is 127 cm³/mol. The van der Waals surface area contributed by atoms with Crippen molar-refractivity contribution in [3.05, 3.63) is 65.7 Å². The fourth-order valence-electron chi connectivity index (χ4n) is 4.42. The molecule has 178 valence electrons. The van der Waals surface area contributed by atoms with Gasteiger partial charge in [0.2, 0.25) is 5.91 Å². The van der Waals surface area contributed by atoms with E-state index in [0.29, 0.717) is 25.4 Å². The zero-order chi connectivity index (χ0) is 24.3. The molecule has 7 nitrogen and oxygen atoms in total. The summed E-state index contributed by atoms with van der Waals surface area (Å²) in [6.45, 7) is 5.80. The molecule has 1 saturated heterocycles. The molecule has 1 aliphatic carbocycles. The minimum absolute atomic E-state index is 0.105. The van der Waals surface area contributed by atoms with Gasteiger partial charge in [-0.15, -0.1) is 0 Å². The largest absolute Gasteiger partial charge is 0.489 e. The standard InChI is InChI=1S/C27H31N3O4/c1-27(2,3)34-26(32)29-23(25(31)30-21(16-28)14-20-15-24(20)30)13-18-9-11-22(12-10-18)33-17-19-7-5-4-6-8-19/h4-12,20-21,23-24H,13-15,17H2,1-3H3,(H,29,32). The number of fused-ring (bicyclic) bond motifs is 1. The van der Waals surface area contributed by atoms with Crippen molar-refractivity contribution in [3.63, 3.8) is 0 Å². The van der Waals surface area contributed by atoms with Gasteiger partial charge in [-0.05, 0) is 62.8 Å². The molecule has 1 heterocycles. The number of nitrogens with zero attached hydrogens (tertiary/aromatic N) is 2. The van der Waals surface area contributed by atoms with E-state index in [-0.39, 0.29) is 11.9 Å². The van der Waals surface area contributed by atoms with Crippen molar-refractivity contribution in [2.75, 3.05) is 0 Å². The second-order valence-corrected chi connectivity index (χ2v) is 10.0. The maximum atomic E-state index is 13.5. The first-order valence-electron chi connectivity index (χ1n) is 11.7. The van der Waals surface area contributed by atoms with E-state index < -0.39 is 23.8 Å². The summed E-state index contributed by atoms with van der Waals surface area (Å²) < 4.78 is 11.2. The number of piperidine rings is 1. The second-order valence-electron chi connectivity index (χ2n) is 10.0. The van der Waals surface area contributed by atoms with Gasteiger partial charge in [0.05, 0.1) is 6.07 Å². The average Bonchev–Trinajstić information content (AvgIpc) is 3.46. The van der Waals surface area contributed by atoms with E-state index in [1.165, 1.54) is 0 Å². The smallest absolute Gasteiger partial charge is 0.408 e. The van der Waals surface area contributed by atoms with Gasteiger partial charge in [0.25, 0.3) is 0 Å². The lowest BCUT2D eigenvalue weighted by molar-refractivity contribution is -0.134. The summed E-state index contributed by atoms with van der Waals surface area (Å²) in [4.78, 5) is 27.6. The Hall–Kier alpha value is -3.53. The zero-order valence-corrected chi connectivity index (χ0v) is 19.9. The fourth-order valence-corrected chi connectivity index (χ4v) is 4.42. The molecular formula is C27H31N3O4. The number of alkyl carbamates (subject to hydrolysis) is 1. The molecule has 4 atom stereocenters. The summed E-state index contributed by atoms with van der Waals surface area (Å²) in [5.74, 6) is 0.893. The number of carbonyl (C=O) groups is 2. The minimum Gasteiger partial charge on any atom is -0.489 e. The molecule has 7 heteroatoms. The van der Waals surface area contributed by atoms with E-state index in [0.717, 1.165) is 23.3 Å². The lowest BCUT2D eigenvalue weighted by Gasteiger charge is -2.29. The van der Waals surface area contributed by atoms with Gasteiger partial charge in [0.1, 0.15) is 30.0 Å². The molecular weight excluding hydrogens is 430 g/mol. The molecule has 1 aliphatic heterocycles. The third kappa shape index (κ3) is 5.88. The number of rotatable bonds is 7. The number of likely N-dealkylation sites (tertiary alicyclic amines) is 1. The van der Waals surface area contributed by atoms with E-state index in [1.54, 1.807) is 25.7 Å². The van der Waals surface area contributed by atoms with Gasteiger partial charge >= 0.3 is 6.09 Å². The molecule has 0 spiro atoms. The van der Waals surface area contributed by atoms with Crippen LogP contribution in [0.3, 0.4) is 0 Å². The Morgan fingerprint density at radius 1 is 1.09 bits per heavy atom. The molecule has 4 unspecified atom stereocenters. The molecule has 4 rings (SSSR count). The van der Waals surface area contributed by atoms with Crippen LogP contribution >= 0.6 is 0 Å². The van der Waals surface area contributed by atoms with Crippen molar-refractivity contribution in [2.45, 2.75) is 70.4 Å². The number of nitriles is 1. The summed E-state index contributed by atoms with van der Waals surface area (Å²) >= 11 is 0. The van der Waals surface area contributed by atoms with Crippen LogP contribution in [0.2, 0.25) is 0 Å². The van der Waals surface area contributed by atoms with Crippen molar-refractivity contribution in [3.8, 4) is 11.8 Å². The van der Waals surface area contributed by atoms with Crippen molar-refractivity contribution in [1.29, 1.82) is 5.26 Å². The van der Waals surface area contributed by atoms with Crippen LogP contribution in [0, 0.1) is 17.2 Å². The molecule has 2 aromatic carbocycles. The van der Waals surface area contributed by atoms with Crippen LogP contribution in [-0.4, -0.2) is 40.6 Å². The van der Waals surface area contributed by atoms with Crippen molar-refractivity contribution in [2.24, 2.45) is 5.92 Å². The van der Waals surface area contributed by atoms with E-state index in [4.69, 9.17) is 9.47 Å². The Kier molecular flexibility index (Phi) is 6.78. The quantitative estimate of drug-likeness (QED) is 0.667. The Morgan fingerprint density at radius 2 is 1.79 bits per heavy atom. The molecule has 2 amide bonds. The van der Waals surface area contributed by atoms with Gasteiger partial charge in [-0.1, -0.05) is 42.5 Å². The van der Waals surface area contributed by atoms with Crippen molar-refractivity contribution in [1.82, 2.24) is 10.2 Å². The number of ether oxygens (including phenoxy) is 2. The van der Waals surface area contributed by atoms with Gasteiger partial charge in [-0.25, -0.2) is 4.79 Å². The zero-order valence-electron chi connectivity index (χ0n) is 19.9. The van der Waals surface area contributed by atoms with Crippen LogP contribution in [0.4, 0.5) is 4.79 Å². The van der Waals surface area contributed by atoms with Gasteiger partial charge in [0.15, 0.2) is 0 Å². The number of hydrogen-bond acceptors (Lipinski definition) is 5. The molecule has 0 aromatic heterocycles. The van der Waals surface area contributed by atoms with Crippen molar-refractivity contribution >= 4 is 12.0 Å². The summed E-state index contributed by atoms with van der Waals surface area (Å²) in [7, 11) is 0. The van der Waals surface area contributed by atoms with E-state index in [2.05, 4.69) is 11.4 Å². The average molecular weight is 462 g/mol. The van der Waals surface area contributed by atoms with Gasteiger partial charge in [0, 0.05) is 12.5 Å². The Balaban J connectivity index is 1.44. The van der Waals surface area contributed by atoms with Crippen LogP contribution in [0.5, 0.6) is 5.75 Å². The summed E-state index contributed by atoms with van der Waals surface area (Å²) in [6.07, 6.45) is 1.28. The van der Waals surface area contributed by atoms with Crippen LogP contribution < -0.4 is 10.1 Å². The highest BCUT2D eigenvalue weighted by molar-refractivity contribution is 5.87. The monoisotopic (exact) mass is 461 g/mol. The van der Waals surface area contributed by atoms with Crippen molar-refractivity contribution < 1.29 is 19.1 Å². The first-order valence-corrected chi connectivity index (χ1v) is 11.7. The molecule has 2 aromatic rings. The molecule has 34 heavy (non-hydrogen) atoms. The Bertz CT molecular complexity index is 1060. The molecule has 1 saturated carbocycles. The molecule has 0 bridgehead atoms. The third-order valence-corrected chi connectivity index (χ3v) is 6.11. The van der Waals surface area contributed by atoms with Gasteiger partial charge < -0.3 is 19.7 Å². The summed E-state index contributed by atoms with van der Waals surface area (Å²) in [5.41, 5.74) is 1.27. The number of hydrogen-bond donors (Lipinski definition) is 1. The predicted octanol–water partition coefficient (Wildman–Crippen LogP) is 4.21. The maximum absolute atomic E-state index is 13.5. The Labute approximate surface area is 200 Å². The molecule has 0 radical (unpaired) electrons.